The van der Waals surface area contributed by atoms with E-state index in [0.717, 1.165) is 16.5 Å². The molecule has 1 fully saturated rings. The fraction of sp³-hybridized carbons (Fsp3) is 0.333. The number of H-pyrrole nitrogens is 1. The molecule has 1 aliphatic carbocycles. The van der Waals surface area contributed by atoms with Crippen molar-refractivity contribution in [1.29, 1.82) is 0 Å². The molecule has 0 unspecified atom stereocenters. The van der Waals surface area contributed by atoms with E-state index in [9.17, 15) is 8.78 Å². The lowest BCUT2D eigenvalue weighted by molar-refractivity contribution is -0.124. The molecule has 3 N–H and O–H groups in total. The van der Waals surface area contributed by atoms with Gasteiger partial charge >= 0.3 is 0 Å². The van der Waals surface area contributed by atoms with E-state index in [1.54, 1.807) is 18.3 Å². The minimum Gasteiger partial charge on any atom is -0.361 e. The summed E-state index contributed by atoms with van der Waals surface area (Å²) in [6.07, 6.45) is 1.11. The number of hydrogen-bond acceptors (Lipinski definition) is 1. The van der Waals surface area contributed by atoms with Crippen LogP contribution in [-0.4, -0.2) is 10.9 Å². The lowest BCUT2D eigenvalue weighted by Gasteiger charge is -2.44. The van der Waals surface area contributed by atoms with Gasteiger partial charge in [0, 0.05) is 35.0 Å². The third-order valence-corrected chi connectivity index (χ3v) is 3.56. The van der Waals surface area contributed by atoms with Crippen LogP contribution in [-0.2, 0) is 5.54 Å². The van der Waals surface area contributed by atoms with Crippen molar-refractivity contribution in [2.75, 3.05) is 0 Å². The van der Waals surface area contributed by atoms with E-state index < -0.39 is 11.5 Å². The summed E-state index contributed by atoms with van der Waals surface area (Å²) in [5.74, 6) is -2.63. The Morgan fingerprint density at radius 3 is 2.65 bits per heavy atom. The van der Waals surface area contributed by atoms with Gasteiger partial charge < -0.3 is 10.7 Å². The number of rotatable bonds is 1. The maximum Gasteiger partial charge on any atom is 0.252 e. The van der Waals surface area contributed by atoms with Crippen LogP contribution in [0.1, 0.15) is 18.4 Å². The summed E-state index contributed by atoms with van der Waals surface area (Å²) in [5, 5.41) is 1.48. The Morgan fingerprint density at radius 1 is 1.29 bits per heavy atom. The number of nitrogens with one attached hydrogen (secondary N) is 1. The largest absolute Gasteiger partial charge is 0.361 e. The average molecular weight is 257 g/mol. The number of fused-ring (bicyclic) bond motifs is 1. The van der Waals surface area contributed by atoms with E-state index in [4.69, 9.17) is 17.3 Å². The zero-order valence-corrected chi connectivity index (χ0v) is 9.69. The molecule has 1 aromatic carbocycles. The zero-order chi connectivity index (χ0) is 12.3. The van der Waals surface area contributed by atoms with Gasteiger partial charge in [0.2, 0.25) is 0 Å². The molecule has 0 bridgehead atoms. The Kier molecular flexibility index (Phi) is 2.07. The predicted octanol–water partition coefficient (Wildman–Crippen LogP) is 3.40. The van der Waals surface area contributed by atoms with Gasteiger partial charge in [-0.3, -0.25) is 0 Å². The topological polar surface area (TPSA) is 41.8 Å². The van der Waals surface area contributed by atoms with E-state index in [1.165, 1.54) is 0 Å². The monoisotopic (exact) mass is 256 g/mol. The van der Waals surface area contributed by atoms with E-state index in [-0.39, 0.29) is 12.8 Å². The molecule has 0 radical (unpaired) electrons. The van der Waals surface area contributed by atoms with Crippen LogP contribution in [0.3, 0.4) is 0 Å². The number of nitrogens with two attached hydrogens (primary N) is 1. The lowest BCUT2D eigenvalue weighted by Crippen LogP contribution is -2.55. The van der Waals surface area contributed by atoms with Gasteiger partial charge in [0.15, 0.2) is 0 Å². The summed E-state index contributed by atoms with van der Waals surface area (Å²) < 4.78 is 26.0. The molecule has 90 valence electrons. The second-order valence-corrected chi connectivity index (χ2v) is 5.19. The summed E-state index contributed by atoms with van der Waals surface area (Å²) >= 11 is 5.86. The van der Waals surface area contributed by atoms with Crippen LogP contribution in [0.15, 0.2) is 24.4 Å². The summed E-state index contributed by atoms with van der Waals surface area (Å²) in [6.45, 7) is 0. The minimum absolute atomic E-state index is 0.296. The van der Waals surface area contributed by atoms with Gasteiger partial charge in [0.05, 0.1) is 5.54 Å². The Hall–Kier alpha value is -1.13. The lowest BCUT2D eigenvalue weighted by atomic mass is 9.70. The maximum atomic E-state index is 13.0. The number of aromatic amines is 1. The average Bonchev–Trinajstić information content (AvgIpc) is 2.57. The van der Waals surface area contributed by atoms with Gasteiger partial charge in [0.25, 0.3) is 5.92 Å². The third kappa shape index (κ3) is 1.63. The van der Waals surface area contributed by atoms with Crippen molar-refractivity contribution in [2.24, 2.45) is 5.73 Å². The molecule has 0 atom stereocenters. The Labute approximate surface area is 102 Å². The number of aromatic nitrogens is 1. The quantitative estimate of drug-likeness (QED) is 0.807. The Morgan fingerprint density at radius 2 is 2.00 bits per heavy atom. The smallest absolute Gasteiger partial charge is 0.252 e. The van der Waals surface area contributed by atoms with Crippen LogP contribution in [0.5, 0.6) is 0 Å². The molecule has 1 heterocycles. The van der Waals surface area contributed by atoms with Crippen molar-refractivity contribution >= 4 is 22.5 Å². The Bertz CT molecular complexity index is 583. The summed E-state index contributed by atoms with van der Waals surface area (Å²) in [4.78, 5) is 3.02. The molecular weight excluding hydrogens is 246 g/mol. The van der Waals surface area contributed by atoms with Crippen molar-refractivity contribution < 1.29 is 8.78 Å². The summed E-state index contributed by atoms with van der Waals surface area (Å²) in [7, 11) is 0. The first-order chi connectivity index (χ1) is 7.90. The van der Waals surface area contributed by atoms with Crippen molar-refractivity contribution in [3.63, 3.8) is 0 Å². The number of benzene rings is 1. The maximum absolute atomic E-state index is 13.0. The van der Waals surface area contributed by atoms with Crippen molar-refractivity contribution in [3.8, 4) is 0 Å². The molecule has 17 heavy (non-hydrogen) atoms. The molecule has 2 nitrogen and oxygen atoms in total. The molecule has 0 saturated heterocycles. The van der Waals surface area contributed by atoms with Crippen molar-refractivity contribution in [3.05, 3.63) is 35.0 Å². The van der Waals surface area contributed by atoms with Crippen LogP contribution in [0.2, 0.25) is 5.02 Å². The molecule has 1 saturated carbocycles. The number of alkyl halides is 2. The zero-order valence-electron chi connectivity index (χ0n) is 8.93. The first-order valence-corrected chi connectivity index (χ1v) is 5.71. The summed E-state index contributed by atoms with van der Waals surface area (Å²) in [5.41, 5.74) is 6.67. The van der Waals surface area contributed by atoms with E-state index in [1.807, 2.05) is 6.07 Å². The van der Waals surface area contributed by atoms with Gasteiger partial charge in [-0.05, 0) is 17.7 Å². The highest BCUT2D eigenvalue weighted by atomic mass is 35.5. The van der Waals surface area contributed by atoms with Gasteiger partial charge in [0.1, 0.15) is 0 Å². The molecule has 1 aromatic heterocycles. The molecule has 0 spiro atoms. The van der Waals surface area contributed by atoms with Crippen LogP contribution >= 0.6 is 11.6 Å². The van der Waals surface area contributed by atoms with Crippen LogP contribution in [0, 0.1) is 0 Å². The molecule has 3 rings (SSSR count). The van der Waals surface area contributed by atoms with Gasteiger partial charge in [-0.2, -0.15) is 0 Å². The fourth-order valence-electron chi connectivity index (χ4n) is 2.57. The van der Waals surface area contributed by atoms with E-state index in [2.05, 4.69) is 4.98 Å². The highest BCUT2D eigenvalue weighted by Crippen LogP contribution is 2.51. The first kappa shape index (κ1) is 11.0. The minimum atomic E-state index is -2.63. The number of halogens is 3. The fourth-order valence-corrected chi connectivity index (χ4v) is 2.74. The van der Waals surface area contributed by atoms with Crippen LogP contribution in [0.25, 0.3) is 10.9 Å². The molecule has 0 aliphatic heterocycles. The Balaban J connectivity index is 2.08. The second kappa shape index (κ2) is 3.21. The summed E-state index contributed by atoms with van der Waals surface area (Å²) in [6, 6.07) is 5.32. The van der Waals surface area contributed by atoms with Crippen LogP contribution in [0.4, 0.5) is 8.78 Å². The highest BCUT2D eigenvalue weighted by molar-refractivity contribution is 6.31. The van der Waals surface area contributed by atoms with E-state index in [0.29, 0.717) is 5.02 Å². The van der Waals surface area contributed by atoms with Gasteiger partial charge in [-0.25, -0.2) is 8.78 Å². The first-order valence-electron chi connectivity index (χ1n) is 5.34. The molecule has 1 aliphatic rings. The van der Waals surface area contributed by atoms with Crippen LogP contribution < -0.4 is 5.73 Å². The standard InChI is InChI=1S/C12H11ClF2N2/c13-7-1-2-8-9(4-17-10(8)3-7)11(16)5-12(14,15)6-11/h1-4,17H,5-6,16H2. The predicted molar refractivity (Wildman–Crippen MR) is 63.4 cm³/mol. The third-order valence-electron chi connectivity index (χ3n) is 3.33. The van der Waals surface area contributed by atoms with Gasteiger partial charge in [-0.15, -0.1) is 0 Å². The second-order valence-electron chi connectivity index (χ2n) is 4.76. The highest BCUT2D eigenvalue weighted by Gasteiger charge is 2.55. The molecule has 5 heteroatoms. The normalized spacial score (nSPS) is 21.4. The molecular formula is C12H11ClF2N2. The SMILES string of the molecule is NC1(c2c[nH]c3cc(Cl)ccc23)CC(F)(F)C1. The molecule has 2 aromatic rings. The molecule has 0 amide bonds. The van der Waals surface area contributed by atoms with Crippen molar-refractivity contribution in [1.82, 2.24) is 4.98 Å². The van der Waals surface area contributed by atoms with Crippen molar-refractivity contribution in [2.45, 2.75) is 24.3 Å². The number of hydrogen-bond donors (Lipinski definition) is 2. The van der Waals surface area contributed by atoms with E-state index >= 15 is 0 Å². The van der Waals surface area contributed by atoms with Gasteiger partial charge in [-0.1, -0.05) is 17.7 Å².